The summed E-state index contributed by atoms with van der Waals surface area (Å²) in [6, 6.07) is 7.15. The van der Waals surface area contributed by atoms with Crippen LogP contribution in [0.3, 0.4) is 0 Å². The lowest BCUT2D eigenvalue weighted by atomic mass is 10.1. The van der Waals surface area contributed by atoms with Crippen molar-refractivity contribution in [1.82, 2.24) is 10.2 Å². The molecule has 1 aromatic rings. The van der Waals surface area contributed by atoms with Crippen LogP contribution in [0.4, 0.5) is 0 Å². The molecule has 7 heteroatoms. The lowest BCUT2D eigenvalue weighted by molar-refractivity contribution is -0.122. The second-order valence-corrected chi connectivity index (χ2v) is 6.56. The third kappa shape index (κ3) is 6.95. The second-order valence-electron chi connectivity index (χ2n) is 6.56. The number of nitrogens with one attached hydrogen (secondary N) is 1. The molecule has 0 saturated carbocycles. The first-order chi connectivity index (χ1) is 10.4. The van der Waals surface area contributed by atoms with Crippen LogP contribution in [-0.2, 0) is 9.53 Å². The molecule has 1 saturated heterocycles. The molecule has 5 nitrogen and oxygen atoms in total. The van der Waals surface area contributed by atoms with Crippen LogP contribution in [0.5, 0.6) is 0 Å². The Morgan fingerprint density at radius 3 is 2.54 bits per heavy atom. The molecule has 1 aliphatic heterocycles. The first-order valence-electron chi connectivity index (χ1n) is 7.83. The van der Waals surface area contributed by atoms with Crippen LogP contribution in [-0.4, -0.2) is 49.2 Å². The minimum Gasteiger partial charge on any atom is -0.373 e. The smallest absolute Gasteiger partial charge is 0.241 e. The number of carbonyl (C=O) groups excluding carboxylic acids is 1. The van der Waals surface area contributed by atoms with Crippen LogP contribution >= 0.6 is 24.8 Å². The zero-order valence-electron chi connectivity index (χ0n) is 14.6. The Balaban J connectivity index is 0.00000264. The van der Waals surface area contributed by atoms with Crippen molar-refractivity contribution in [2.75, 3.05) is 32.8 Å². The fraction of sp³-hybridized carbons (Fsp3) is 0.588. The number of hydrogen-bond donors (Lipinski definition) is 2. The molecule has 0 radical (unpaired) electrons. The third-order valence-electron chi connectivity index (χ3n) is 3.95. The first kappa shape index (κ1) is 23.1. The Hall–Kier alpha value is -0.850. The minimum atomic E-state index is -0.610. The summed E-state index contributed by atoms with van der Waals surface area (Å²) in [5.74, 6) is -0.128. The molecular formula is C17H29Cl2N3O2. The van der Waals surface area contributed by atoms with Gasteiger partial charge in [0.1, 0.15) is 6.04 Å². The fourth-order valence-corrected chi connectivity index (χ4v) is 2.68. The number of nitrogens with zero attached hydrogens (tertiary/aromatic N) is 1. The molecule has 0 aliphatic carbocycles. The van der Waals surface area contributed by atoms with Crippen LogP contribution in [0.15, 0.2) is 24.3 Å². The standard InChI is InChI=1S/C17H27N3O2.2ClH/c1-13-4-6-14(7-5-13)15(18)16(21)19-8-9-20-10-11-22-17(2,3)12-20;;/h4-7,15H,8-12,18H2,1-3H3,(H,19,21);2*1H. The normalized spacial score (nSPS) is 18.0. The summed E-state index contributed by atoms with van der Waals surface area (Å²) < 4.78 is 5.68. The molecule has 1 heterocycles. The average molecular weight is 378 g/mol. The quantitative estimate of drug-likeness (QED) is 0.823. The summed E-state index contributed by atoms with van der Waals surface area (Å²) in [4.78, 5) is 14.4. The van der Waals surface area contributed by atoms with Crippen LogP contribution in [0.1, 0.15) is 31.0 Å². The van der Waals surface area contributed by atoms with Crippen molar-refractivity contribution in [2.24, 2.45) is 5.73 Å². The molecule has 24 heavy (non-hydrogen) atoms. The molecule has 1 fully saturated rings. The lowest BCUT2D eigenvalue weighted by Crippen LogP contribution is -2.50. The van der Waals surface area contributed by atoms with E-state index in [-0.39, 0.29) is 36.3 Å². The van der Waals surface area contributed by atoms with Crippen molar-refractivity contribution in [1.29, 1.82) is 0 Å². The molecule has 1 unspecified atom stereocenters. The van der Waals surface area contributed by atoms with Crippen molar-refractivity contribution in [3.8, 4) is 0 Å². The first-order valence-corrected chi connectivity index (χ1v) is 7.83. The van der Waals surface area contributed by atoms with Gasteiger partial charge >= 0.3 is 0 Å². The molecule has 3 N–H and O–H groups in total. The molecule has 1 atom stereocenters. The highest BCUT2D eigenvalue weighted by molar-refractivity contribution is 5.85. The van der Waals surface area contributed by atoms with E-state index in [1.807, 2.05) is 31.2 Å². The summed E-state index contributed by atoms with van der Waals surface area (Å²) in [7, 11) is 0. The van der Waals surface area contributed by atoms with E-state index in [9.17, 15) is 4.79 Å². The highest BCUT2D eigenvalue weighted by Gasteiger charge is 2.26. The molecule has 0 aromatic heterocycles. The van der Waals surface area contributed by atoms with E-state index in [1.165, 1.54) is 0 Å². The number of carbonyl (C=O) groups is 1. The summed E-state index contributed by atoms with van der Waals surface area (Å²) in [6.07, 6.45) is 0. The zero-order chi connectivity index (χ0) is 16.2. The van der Waals surface area contributed by atoms with Gasteiger partial charge in [0.25, 0.3) is 0 Å². The third-order valence-corrected chi connectivity index (χ3v) is 3.95. The maximum atomic E-state index is 12.1. The highest BCUT2D eigenvalue weighted by Crippen LogP contribution is 2.16. The summed E-state index contributed by atoms with van der Waals surface area (Å²) in [5, 5.41) is 2.92. The van der Waals surface area contributed by atoms with E-state index >= 15 is 0 Å². The molecule has 138 valence electrons. The number of benzene rings is 1. The number of halogens is 2. The summed E-state index contributed by atoms with van der Waals surface area (Å²) >= 11 is 0. The topological polar surface area (TPSA) is 67.6 Å². The monoisotopic (exact) mass is 377 g/mol. The second kappa shape index (κ2) is 10.2. The molecule has 1 amide bonds. The van der Waals surface area contributed by atoms with Crippen LogP contribution in [0, 0.1) is 6.92 Å². The van der Waals surface area contributed by atoms with Crippen molar-refractivity contribution in [3.05, 3.63) is 35.4 Å². The van der Waals surface area contributed by atoms with E-state index in [4.69, 9.17) is 10.5 Å². The predicted molar refractivity (Wildman–Crippen MR) is 102 cm³/mol. The molecule has 0 spiro atoms. The van der Waals surface area contributed by atoms with Crippen molar-refractivity contribution < 1.29 is 9.53 Å². The van der Waals surface area contributed by atoms with E-state index in [2.05, 4.69) is 24.1 Å². The van der Waals surface area contributed by atoms with Gasteiger partial charge in [-0.25, -0.2) is 0 Å². The number of nitrogens with two attached hydrogens (primary N) is 1. The number of morpholine rings is 1. The van der Waals surface area contributed by atoms with Gasteiger partial charge in [0, 0.05) is 26.2 Å². The minimum absolute atomic E-state index is 0. The Bertz CT molecular complexity index is 509. The Morgan fingerprint density at radius 1 is 1.33 bits per heavy atom. The van der Waals surface area contributed by atoms with Crippen molar-refractivity contribution in [2.45, 2.75) is 32.4 Å². The average Bonchev–Trinajstić information content (AvgIpc) is 2.46. The number of ether oxygens (including phenoxy) is 1. The maximum absolute atomic E-state index is 12.1. The maximum Gasteiger partial charge on any atom is 0.241 e. The number of hydrogen-bond acceptors (Lipinski definition) is 4. The molecule has 2 rings (SSSR count). The number of rotatable bonds is 5. The number of aryl methyl sites for hydroxylation is 1. The lowest BCUT2D eigenvalue weighted by Gasteiger charge is -2.38. The van der Waals surface area contributed by atoms with Crippen LogP contribution in [0.2, 0.25) is 0 Å². The molecule has 1 aliphatic rings. The molecule has 1 aromatic carbocycles. The van der Waals surface area contributed by atoms with Crippen LogP contribution < -0.4 is 11.1 Å². The van der Waals surface area contributed by atoms with Gasteiger partial charge in [0.05, 0.1) is 12.2 Å². The van der Waals surface area contributed by atoms with E-state index in [1.54, 1.807) is 0 Å². The fourth-order valence-electron chi connectivity index (χ4n) is 2.68. The predicted octanol–water partition coefficient (Wildman–Crippen LogP) is 2.07. The number of amides is 1. The van der Waals surface area contributed by atoms with E-state index in [0.717, 1.165) is 37.4 Å². The zero-order valence-corrected chi connectivity index (χ0v) is 16.2. The molecule has 0 bridgehead atoms. The van der Waals surface area contributed by atoms with Crippen molar-refractivity contribution in [3.63, 3.8) is 0 Å². The Kier molecular flexibility index (Phi) is 9.85. The Labute approximate surface area is 157 Å². The molecular weight excluding hydrogens is 349 g/mol. The summed E-state index contributed by atoms with van der Waals surface area (Å²) in [5.41, 5.74) is 7.90. The van der Waals surface area contributed by atoms with Crippen molar-refractivity contribution >= 4 is 30.7 Å². The SMILES string of the molecule is Cc1ccc(C(N)C(=O)NCCN2CCOC(C)(C)C2)cc1.Cl.Cl. The van der Waals surface area contributed by atoms with Gasteiger partial charge in [0.2, 0.25) is 5.91 Å². The summed E-state index contributed by atoms with van der Waals surface area (Å²) in [6.45, 7) is 10.1. The Morgan fingerprint density at radius 2 is 1.96 bits per heavy atom. The van der Waals surface area contributed by atoms with Crippen LogP contribution in [0.25, 0.3) is 0 Å². The van der Waals surface area contributed by atoms with Gasteiger partial charge in [-0.3, -0.25) is 9.69 Å². The highest BCUT2D eigenvalue weighted by atomic mass is 35.5. The van der Waals surface area contributed by atoms with Gasteiger partial charge in [-0.1, -0.05) is 29.8 Å². The van der Waals surface area contributed by atoms with Gasteiger partial charge in [-0.05, 0) is 26.3 Å². The van der Waals surface area contributed by atoms with Gasteiger partial charge in [-0.15, -0.1) is 24.8 Å². The van der Waals surface area contributed by atoms with Gasteiger partial charge in [0.15, 0.2) is 0 Å². The van der Waals surface area contributed by atoms with E-state index < -0.39 is 6.04 Å². The largest absolute Gasteiger partial charge is 0.373 e. The van der Waals surface area contributed by atoms with Gasteiger partial charge < -0.3 is 15.8 Å². The van der Waals surface area contributed by atoms with E-state index in [0.29, 0.717) is 6.54 Å². The van der Waals surface area contributed by atoms with Gasteiger partial charge in [-0.2, -0.15) is 0 Å².